The molecule has 0 rings (SSSR count). The van der Waals surface area contributed by atoms with Gasteiger partial charge in [-0.1, -0.05) is 12.7 Å². The van der Waals surface area contributed by atoms with Crippen molar-refractivity contribution >= 4 is 5.97 Å². The fourth-order valence-corrected chi connectivity index (χ4v) is 0.211. The molecule has 0 unspecified atom stereocenters. The van der Waals surface area contributed by atoms with Gasteiger partial charge in [-0.15, -0.1) is 0 Å². The van der Waals surface area contributed by atoms with Gasteiger partial charge in [0.15, 0.2) is 0 Å². The molecule has 3 heteroatoms. The van der Waals surface area contributed by atoms with Crippen molar-refractivity contribution in [3.63, 3.8) is 0 Å². The van der Waals surface area contributed by atoms with Crippen LogP contribution >= 0.6 is 0 Å². The zero-order valence-electron chi connectivity index (χ0n) is 4.59. The molecular formula is C5H9NO2. The molecule has 0 aliphatic carbocycles. The molecule has 0 aromatic heterocycles. The highest BCUT2D eigenvalue weighted by Gasteiger charge is 1.92. The minimum atomic E-state index is -0.398. The van der Waals surface area contributed by atoms with Crippen LogP contribution in [0.15, 0.2) is 12.7 Å². The standard InChI is InChI=1S/C5H9NO2/c1-2-3-8-5(7)4-6/h2H,1,3-4,6H2. The third-order valence-electron chi connectivity index (χ3n) is 0.529. The molecule has 0 saturated carbocycles. The topological polar surface area (TPSA) is 52.3 Å². The lowest BCUT2D eigenvalue weighted by atomic mass is 10.6. The van der Waals surface area contributed by atoms with Gasteiger partial charge >= 0.3 is 5.97 Å². The molecule has 46 valence electrons. The fraction of sp³-hybridized carbons (Fsp3) is 0.400. The van der Waals surface area contributed by atoms with E-state index in [1.54, 1.807) is 0 Å². The molecular weight excluding hydrogens is 106 g/mol. The lowest BCUT2D eigenvalue weighted by Gasteiger charge is -1.94. The van der Waals surface area contributed by atoms with Gasteiger partial charge in [-0.05, 0) is 0 Å². The second-order valence-electron chi connectivity index (χ2n) is 1.18. The van der Waals surface area contributed by atoms with Crippen LogP contribution in [0.2, 0.25) is 0 Å². The molecule has 8 heavy (non-hydrogen) atoms. The molecule has 0 spiro atoms. The van der Waals surface area contributed by atoms with Gasteiger partial charge in [0, 0.05) is 0 Å². The maximum Gasteiger partial charge on any atom is 0.320 e. The number of hydrogen-bond donors (Lipinski definition) is 1. The third-order valence-corrected chi connectivity index (χ3v) is 0.529. The van der Waals surface area contributed by atoms with Crippen LogP contribution in [-0.4, -0.2) is 19.1 Å². The van der Waals surface area contributed by atoms with Gasteiger partial charge in [-0.25, -0.2) is 0 Å². The Bertz CT molecular complexity index is 90.4. The molecule has 0 saturated heterocycles. The van der Waals surface area contributed by atoms with E-state index in [0.717, 1.165) is 0 Å². The maximum absolute atomic E-state index is 10.2. The van der Waals surface area contributed by atoms with Crippen molar-refractivity contribution in [2.45, 2.75) is 0 Å². The van der Waals surface area contributed by atoms with Crippen LogP contribution in [0.4, 0.5) is 0 Å². The van der Waals surface area contributed by atoms with Crippen LogP contribution in [0.1, 0.15) is 0 Å². The highest BCUT2D eigenvalue weighted by Crippen LogP contribution is 1.73. The summed E-state index contributed by atoms with van der Waals surface area (Å²) in [6.07, 6.45) is 1.49. The Morgan fingerprint density at radius 2 is 2.50 bits per heavy atom. The molecule has 0 amide bonds. The van der Waals surface area contributed by atoms with Gasteiger partial charge < -0.3 is 10.5 Å². The minimum absolute atomic E-state index is 0.0617. The van der Waals surface area contributed by atoms with E-state index in [9.17, 15) is 4.79 Å². The Kier molecular flexibility index (Phi) is 3.88. The quantitative estimate of drug-likeness (QED) is 0.405. The van der Waals surface area contributed by atoms with Gasteiger partial charge in [0.05, 0.1) is 6.54 Å². The Morgan fingerprint density at radius 1 is 1.88 bits per heavy atom. The molecule has 3 nitrogen and oxygen atoms in total. The van der Waals surface area contributed by atoms with E-state index in [1.165, 1.54) is 6.08 Å². The molecule has 0 fully saturated rings. The van der Waals surface area contributed by atoms with Crippen LogP contribution < -0.4 is 5.73 Å². The van der Waals surface area contributed by atoms with Crippen molar-refractivity contribution in [2.75, 3.05) is 13.2 Å². The summed E-state index contributed by atoms with van der Waals surface area (Å²) in [5.41, 5.74) is 4.90. The molecule has 0 bridgehead atoms. The summed E-state index contributed by atoms with van der Waals surface area (Å²) in [4.78, 5) is 10.2. The molecule has 2 N–H and O–H groups in total. The summed E-state index contributed by atoms with van der Waals surface area (Å²) in [5, 5.41) is 0. The van der Waals surface area contributed by atoms with Gasteiger partial charge in [0.2, 0.25) is 0 Å². The zero-order valence-corrected chi connectivity index (χ0v) is 4.59. The molecule has 0 heterocycles. The molecule has 0 aliphatic rings. The molecule has 0 aliphatic heterocycles. The predicted octanol–water partition coefficient (Wildman–Crippen LogP) is -0.326. The van der Waals surface area contributed by atoms with Crippen molar-refractivity contribution in [1.82, 2.24) is 0 Å². The van der Waals surface area contributed by atoms with Crippen molar-refractivity contribution in [1.29, 1.82) is 0 Å². The van der Waals surface area contributed by atoms with E-state index in [4.69, 9.17) is 5.73 Å². The molecule has 0 aromatic carbocycles. The van der Waals surface area contributed by atoms with Gasteiger partial charge in [-0.3, -0.25) is 4.79 Å². The molecule has 0 aromatic rings. The van der Waals surface area contributed by atoms with Gasteiger partial charge in [0.25, 0.3) is 0 Å². The Balaban J connectivity index is 3.11. The first kappa shape index (κ1) is 7.17. The number of carbonyl (C=O) groups is 1. The maximum atomic E-state index is 10.2. The summed E-state index contributed by atoms with van der Waals surface area (Å²) in [6, 6.07) is 0. The lowest BCUT2D eigenvalue weighted by molar-refractivity contribution is -0.140. The van der Waals surface area contributed by atoms with Crippen molar-refractivity contribution < 1.29 is 9.53 Å². The van der Waals surface area contributed by atoms with Crippen LogP contribution in [0.25, 0.3) is 0 Å². The van der Waals surface area contributed by atoms with E-state index in [2.05, 4.69) is 11.3 Å². The first-order valence-corrected chi connectivity index (χ1v) is 2.28. The second kappa shape index (κ2) is 4.33. The molecule has 0 atom stereocenters. The van der Waals surface area contributed by atoms with E-state index < -0.39 is 5.97 Å². The van der Waals surface area contributed by atoms with Gasteiger partial charge in [0.1, 0.15) is 6.61 Å². The zero-order chi connectivity index (χ0) is 6.41. The highest BCUT2D eigenvalue weighted by atomic mass is 16.5. The number of nitrogens with two attached hydrogens (primary N) is 1. The normalized spacial score (nSPS) is 8.12. The Morgan fingerprint density at radius 3 is 2.88 bits per heavy atom. The van der Waals surface area contributed by atoms with Crippen LogP contribution in [0.3, 0.4) is 0 Å². The van der Waals surface area contributed by atoms with Crippen LogP contribution in [0, 0.1) is 0 Å². The van der Waals surface area contributed by atoms with E-state index in [0.29, 0.717) is 0 Å². The average molecular weight is 115 g/mol. The minimum Gasteiger partial charge on any atom is -0.461 e. The first-order chi connectivity index (χ1) is 3.81. The van der Waals surface area contributed by atoms with Crippen LogP contribution in [-0.2, 0) is 9.53 Å². The first-order valence-electron chi connectivity index (χ1n) is 2.28. The fourth-order valence-electron chi connectivity index (χ4n) is 0.211. The summed E-state index contributed by atoms with van der Waals surface area (Å²) in [6.45, 7) is 3.53. The number of hydrogen-bond acceptors (Lipinski definition) is 3. The van der Waals surface area contributed by atoms with Crippen molar-refractivity contribution in [2.24, 2.45) is 5.73 Å². The monoisotopic (exact) mass is 115 g/mol. The van der Waals surface area contributed by atoms with Crippen molar-refractivity contribution in [3.05, 3.63) is 12.7 Å². The number of rotatable bonds is 3. The summed E-state index contributed by atoms with van der Waals surface area (Å²) in [5.74, 6) is -0.398. The van der Waals surface area contributed by atoms with Gasteiger partial charge in [-0.2, -0.15) is 0 Å². The Hall–Kier alpha value is -0.830. The van der Waals surface area contributed by atoms with E-state index in [1.807, 2.05) is 0 Å². The summed E-state index contributed by atoms with van der Waals surface area (Å²) < 4.78 is 4.46. The predicted molar refractivity (Wildman–Crippen MR) is 30.2 cm³/mol. The lowest BCUT2D eigenvalue weighted by Crippen LogP contribution is -2.16. The van der Waals surface area contributed by atoms with E-state index in [-0.39, 0.29) is 13.2 Å². The smallest absolute Gasteiger partial charge is 0.320 e. The highest BCUT2D eigenvalue weighted by molar-refractivity contribution is 5.71. The Labute approximate surface area is 48.1 Å². The summed E-state index contributed by atoms with van der Waals surface area (Å²) in [7, 11) is 0. The third kappa shape index (κ3) is 3.36. The number of esters is 1. The van der Waals surface area contributed by atoms with Crippen LogP contribution in [0.5, 0.6) is 0 Å². The summed E-state index contributed by atoms with van der Waals surface area (Å²) >= 11 is 0. The number of carbonyl (C=O) groups excluding carboxylic acids is 1. The largest absolute Gasteiger partial charge is 0.461 e. The second-order valence-corrected chi connectivity index (χ2v) is 1.18. The van der Waals surface area contributed by atoms with Crippen molar-refractivity contribution in [3.8, 4) is 0 Å². The van der Waals surface area contributed by atoms with E-state index >= 15 is 0 Å². The number of ether oxygens (including phenoxy) is 1. The SMILES string of the molecule is C=CCOC(=O)CN. The average Bonchev–Trinajstić information content (AvgIpc) is 1.83. The molecule has 0 radical (unpaired) electrons.